The monoisotopic (exact) mass is 352 g/mol. The van der Waals surface area contributed by atoms with Gasteiger partial charge in [0.1, 0.15) is 5.78 Å². The van der Waals surface area contributed by atoms with E-state index < -0.39 is 0 Å². The van der Waals surface area contributed by atoms with Crippen molar-refractivity contribution in [2.45, 2.75) is 19.3 Å². The summed E-state index contributed by atoms with van der Waals surface area (Å²) < 4.78 is 0. The molecule has 2 nitrogen and oxygen atoms in total. The van der Waals surface area contributed by atoms with Crippen LogP contribution in [0.4, 0.5) is 0 Å². The van der Waals surface area contributed by atoms with E-state index in [0.29, 0.717) is 12.0 Å². The number of carbonyl (C=O) groups excluding carboxylic acids is 2. The summed E-state index contributed by atoms with van der Waals surface area (Å²) in [6.07, 6.45) is 0.335. The highest BCUT2D eigenvalue weighted by molar-refractivity contribution is 6.18. The summed E-state index contributed by atoms with van der Waals surface area (Å²) in [6, 6.07) is 27.4. The van der Waals surface area contributed by atoms with Crippen molar-refractivity contribution in [1.82, 2.24) is 0 Å². The van der Waals surface area contributed by atoms with Crippen LogP contribution in [0.3, 0.4) is 0 Å². The predicted octanol–water partition coefficient (Wildman–Crippen LogP) is 5.45. The molecule has 132 valence electrons. The second kappa shape index (κ2) is 7.16. The van der Waals surface area contributed by atoms with Gasteiger partial charge < -0.3 is 0 Å². The summed E-state index contributed by atoms with van der Waals surface area (Å²) in [7, 11) is 0. The fourth-order valence-electron chi connectivity index (χ4n) is 3.94. The van der Waals surface area contributed by atoms with Gasteiger partial charge in [-0.25, -0.2) is 0 Å². The van der Waals surface area contributed by atoms with Gasteiger partial charge in [-0.2, -0.15) is 0 Å². The fraction of sp³-hybridized carbons (Fsp3) is 0.120. The third-order valence-corrected chi connectivity index (χ3v) is 5.06. The maximum absolute atomic E-state index is 13.5. The van der Waals surface area contributed by atoms with Crippen molar-refractivity contribution in [3.05, 3.63) is 113 Å². The lowest BCUT2D eigenvalue weighted by Crippen LogP contribution is -2.13. The van der Waals surface area contributed by atoms with Crippen LogP contribution in [0, 0.1) is 0 Å². The molecule has 27 heavy (non-hydrogen) atoms. The van der Waals surface area contributed by atoms with E-state index in [0.717, 1.165) is 27.8 Å². The number of fused-ring (bicyclic) bond motifs is 1. The Hall–Kier alpha value is -3.26. The Kier molecular flexibility index (Phi) is 4.55. The lowest BCUT2D eigenvalue weighted by atomic mass is 9.86. The zero-order chi connectivity index (χ0) is 18.8. The molecule has 2 heteroatoms. The first kappa shape index (κ1) is 17.2. The minimum Gasteiger partial charge on any atom is -0.300 e. The Morgan fingerprint density at radius 1 is 0.778 bits per heavy atom. The molecular weight excluding hydrogens is 332 g/mol. The van der Waals surface area contributed by atoms with Gasteiger partial charge in [0.05, 0.1) is 0 Å². The zero-order valence-electron chi connectivity index (χ0n) is 15.2. The average Bonchev–Trinajstić information content (AvgIpc) is 3.02. The Labute approximate surface area is 159 Å². The van der Waals surface area contributed by atoms with Crippen LogP contribution < -0.4 is 0 Å². The average molecular weight is 352 g/mol. The molecule has 0 saturated heterocycles. The molecule has 0 aliphatic heterocycles. The minimum atomic E-state index is -0.207. The van der Waals surface area contributed by atoms with Crippen LogP contribution in [0.1, 0.15) is 46.3 Å². The molecule has 1 aliphatic carbocycles. The summed E-state index contributed by atoms with van der Waals surface area (Å²) in [5.74, 6) is -0.124. The van der Waals surface area contributed by atoms with Crippen molar-refractivity contribution in [3.63, 3.8) is 0 Å². The first-order valence-corrected chi connectivity index (χ1v) is 9.15. The number of rotatable bonds is 5. The Balaban J connectivity index is 1.98. The van der Waals surface area contributed by atoms with Gasteiger partial charge in [-0.05, 0) is 29.2 Å². The first-order chi connectivity index (χ1) is 13.2. The molecule has 0 spiro atoms. The highest BCUT2D eigenvalue weighted by Crippen LogP contribution is 2.47. The molecule has 0 bridgehead atoms. The number of Topliss-reactive ketones (excluding diaryl/α,β-unsaturated/α-hetero) is 2. The quantitative estimate of drug-likeness (QED) is 0.572. The Bertz CT molecular complexity index is 1030. The van der Waals surface area contributed by atoms with Crippen LogP contribution in [0.15, 0.2) is 90.5 Å². The highest BCUT2D eigenvalue weighted by atomic mass is 16.1. The van der Waals surface area contributed by atoms with Gasteiger partial charge in [-0.15, -0.1) is 0 Å². The van der Waals surface area contributed by atoms with Crippen molar-refractivity contribution < 1.29 is 9.59 Å². The van der Waals surface area contributed by atoms with Crippen LogP contribution >= 0.6 is 0 Å². The van der Waals surface area contributed by atoms with Gasteiger partial charge in [0.25, 0.3) is 0 Å². The van der Waals surface area contributed by atoms with E-state index in [1.165, 1.54) is 0 Å². The number of benzene rings is 3. The molecule has 3 aromatic rings. The predicted molar refractivity (Wildman–Crippen MR) is 108 cm³/mol. The molecule has 4 rings (SSSR count). The molecule has 0 N–H and O–H groups in total. The SMILES string of the molecule is CC(=O)CC1C(C(=O)c2ccccc2)=C(c2ccccc2)c2ccccc21. The van der Waals surface area contributed by atoms with Gasteiger partial charge in [-0.3, -0.25) is 9.59 Å². The second-order valence-electron chi connectivity index (χ2n) is 6.90. The Morgan fingerprint density at radius 3 is 2.04 bits per heavy atom. The number of hydrogen-bond acceptors (Lipinski definition) is 2. The Morgan fingerprint density at radius 2 is 1.37 bits per heavy atom. The van der Waals surface area contributed by atoms with Crippen molar-refractivity contribution in [1.29, 1.82) is 0 Å². The largest absolute Gasteiger partial charge is 0.300 e. The number of ketones is 2. The van der Waals surface area contributed by atoms with E-state index in [2.05, 4.69) is 6.07 Å². The molecule has 0 fully saturated rings. The van der Waals surface area contributed by atoms with Crippen molar-refractivity contribution in [3.8, 4) is 0 Å². The molecule has 0 aromatic heterocycles. The smallest absolute Gasteiger partial charge is 0.190 e. The summed E-state index contributed by atoms with van der Waals surface area (Å²) in [4.78, 5) is 25.5. The van der Waals surface area contributed by atoms with E-state index in [-0.39, 0.29) is 17.5 Å². The third-order valence-electron chi connectivity index (χ3n) is 5.06. The molecule has 1 unspecified atom stereocenters. The number of carbonyl (C=O) groups is 2. The first-order valence-electron chi connectivity index (χ1n) is 9.15. The third kappa shape index (κ3) is 3.15. The lowest BCUT2D eigenvalue weighted by Gasteiger charge is -2.15. The molecule has 0 heterocycles. The molecule has 0 radical (unpaired) electrons. The van der Waals surface area contributed by atoms with Gasteiger partial charge >= 0.3 is 0 Å². The van der Waals surface area contributed by atoms with Crippen LogP contribution in [0.5, 0.6) is 0 Å². The zero-order valence-corrected chi connectivity index (χ0v) is 15.2. The summed E-state index contributed by atoms with van der Waals surface area (Å²) in [6.45, 7) is 1.59. The van der Waals surface area contributed by atoms with Crippen molar-refractivity contribution >= 4 is 17.1 Å². The fourth-order valence-corrected chi connectivity index (χ4v) is 3.94. The van der Waals surface area contributed by atoms with Crippen LogP contribution in [-0.4, -0.2) is 11.6 Å². The number of hydrogen-bond donors (Lipinski definition) is 0. The van der Waals surface area contributed by atoms with Crippen LogP contribution in [0.2, 0.25) is 0 Å². The van der Waals surface area contributed by atoms with Gasteiger partial charge in [-0.1, -0.05) is 84.9 Å². The van der Waals surface area contributed by atoms with E-state index in [1.54, 1.807) is 6.92 Å². The molecule has 0 saturated carbocycles. The van der Waals surface area contributed by atoms with Gasteiger partial charge in [0.15, 0.2) is 5.78 Å². The second-order valence-corrected chi connectivity index (χ2v) is 6.90. The van der Waals surface area contributed by atoms with E-state index >= 15 is 0 Å². The summed E-state index contributed by atoms with van der Waals surface area (Å²) >= 11 is 0. The number of allylic oxidation sites excluding steroid dienone is 1. The molecule has 1 atom stereocenters. The van der Waals surface area contributed by atoms with Crippen LogP contribution in [0.25, 0.3) is 5.57 Å². The molecular formula is C25H20O2. The highest BCUT2D eigenvalue weighted by Gasteiger charge is 2.36. The summed E-state index contributed by atoms with van der Waals surface area (Å²) in [5.41, 5.74) is 5.45. The minimum absolute atomic E-state index is 0.00287. The lowest BCUT2D eigenvalue weighted by molar-refractivity contribution is -0.117. The normalized spacial score (nSPS) is 15.5. The summed E-state index contributed by atoms with van der Waals surface area (Å²) in [5, 5.41) is 0. The maximum Gasteiger partial charge on any atom is 0.190 e. The van der Waals surface area contributed by atoms with Crippen molar-refractivity contribution in [2.24, 2.45) is 0 Å². The van der Waals surface area contributed by atoms with E-state index in [9.17, 15) is 9.59 Å². The molecule has 3 aromatic carbocycles. The van der Waals surface area contributed by atoms with Crippen LogP contribution in [-0.2, 0) is 4.79 Å². The van der Waals surface area contributed by atoms with E-state index in [4.69, 9.17) is 0 Å². The van der Waals surface area contributed by atoms with E-state index in [1.807, 2.05) is 78.9 Å². The maximum atomic E-state index is 13.5. The van der Waals surface area contributed by atoms with Crippen molar-refractivity contribution in [2.75, 3.05) is 0 Å². The molecule has 0 amide bonds. The van der Waals surface area contributed by atoms with Gasteiger partial charge in [0, 0.05) is 23.5 Å². The van der Waals surface area contributed by atoms with Gasteiger partial charge in [0.2, 0.25) is 0 Å². The topological polar surface area (TPSA) is 34.1 Å². The standard InChI is InChI=1S/C25H20O2/c1-17(26)16-22-20-14-8-9-15-21(20)23(18-10-4-2-5-11-18)24(22)25(27)19-12-6-3-7-13-19/h2-15,22H,16H2,1H3. The molecule has 1 aliphatic rings.